The van der Waals surface area contributed by atoms with Crippen molar-refractivity contribution in [3.63, 3.8) is 0 Å². The summed E-state index contributed by atoms with van der Waals surface area (Å²) in [5.74, 6) is 6.25. The van der Waals surface area contributed by atoms with Crippen LogP contribution in [-0.2, 0) is 11.3 Å². The summed E-state index contributed by atoms with van der Waals surface area (Å²) in [7, 11) is 0. The monoisotopic (exact) mass is 264 g/mol. The fraction of sp³-hybridized carbons (Fsp3) is 0.643. The number of aromatic nitrogens is 1. The lowest BCUT2D eigenvalue weighted by molar-refractivity contribution is -0.182. The van der Waals surface area contributed by atoms with Gasteiger partial charge in [-0.15, -0.1) is 0 Å². The molecule has 2 rings (SSSR count). The van der Waals surface area contributed by atoms with Crippen LogP contribution in [0.25, 0.3) is 0 Å². The standard InChI is InChI=1S/C14H24N4O/c1-13(2)9-18(10-14(3,4)19-13)8-11-6-5-7-16-12(11)17-15/h5-7H,8-10,15H2,1-4H3,(H,16,17). The average Bonchev–Trinajstić information content (AvgIpc) is 2.25. The van der Waals surface area contributed by atoms with Crippen LogP contribution in [-0.4, -0.2) is 34.2 Å². The summed E-state index contributed by atoms with van der Waals surface area (Å²) < 4.78 is 6.09. The third-order valence-electron chi connectivity index (χ3n) is 3.18. The average molecular weight is 264 g/mol. The second-order valence-corrected chi connectivity index (χ2v) is 6.42. The molecule has 0 spiro atoms. The van der Waals surface area contributed by atoms with Gasteiger partial charge in [0.15, 0.2) is 0 Å². The van der Waals surface area contributed by atoms with E-state index < -0.39 is 0 Å². The van der Waals surface area contributed by atoms with Gasteiger partial charge in [0.2, 0.25) is 0 Å². The number of morpholine rings is 1. The van der Waals surface area contributed by atoms with Gasteiger partial charge in [0, 0.05) is 31.4 Å². The molecule has 0 aliphatic carbocycles. The zero-order chi connectivity index (χ0) is 14.1. The normalized spacial score (nSPS) is 22.2. The molecule has 0 saturated carbocycles. The lowest BCUT2D eigenvalue weighted by atomic mass is 9.98. The Labute approximate surface area is 115 Å². The van der Waals surface area contributed by atoms with E-state index in [1.165, 1.54) is 0 Å². The van der Waals surface area contributed by atoms with Gasteiger partial charge in [-0.3, -0.25) is 4.90 Å². The topological polar surface area (TPSA) is 63.4 Å². The largest absolute Gasteiger partial charge is 0.367 e. The van der Waals surface area contributed by atoms with Gasteiger partial charge in [-0.25, -0.2) is 10.8 Å². The minimum Gasteiger partial charge on any atom is -0.367 e. The number of ether oxygens (including phenoxy) is 1. The molecule has 1 aromatic heterocycles. The van der Waals surface area contributed by atoms with Crippen LogP contribution < -0.4 is 11.3 Å². The molecule has 1 saturated heterocycles. The summed E-state index contributed by atoms with van der Waals surface area (Å²) in [6.07, 6.45) is 1.74. The first kappa shape index (κ1) is 14.2. The first-order valence-corrected chi connectivity index (χ1v) is 6.64. The quantitative estimate of drug-likeness (QED) is 0.643. The molecule has 5 heteroatoms. The molecule has 0 atom stereocenters. The molecule has 19 heavy (non-hydrogen) atoms. The highest BCUT2D eigenvalue weighted by Gasteiger charge is 2.38. The van der Waals surface area contributed by atoms with Gasteiger partial charge in [-0.1, -0.05) is 6.07 Å². The Kier molecular flexibility index (Phi) is 3.80. The Balaban J connectivity index is 2.14. The summed E-state index contributed by atoms with van der Waals surface area (Å²) in [5.41, 5.74) is 3.49. The zero-order valence-corrected chi connectivity index (χ0v) is 12.2. The molecule has 1 aliphatic heterocycles. The fourth-order valence-corrected chi connectivity index (χ4v) is 2.99. The maximum Gasteiger partial charge on any atom is 0.144 e. The van der Waals surface area contributed by atoms with E-state index in [1.807, 2.05) is 6.07 Å². The lowest BCUT2D eigenvalue weighted by Crippen LogP contribution is -2.56. The number of pyridine rings is 1. The molecule has 1 aliphatic rings. The molecule has 2 heterocycles. The Bertz CT molecular complexity index is 429. The SMILES string of the molecule is CC1(C)CN(Cc2cccnc2NN)CC(C)(C)O1. The lowest BCUT2D eigenvalue weighted by Gasteiger charge is -2.47. The molecule has 106 valence electrons. The molecular weight excluding hydrogens is 240 g/mol. The van der Waals surface area contributed by atoms with Gasteiger partial charge in [-0.2, -0.15) is 0 Å². The summed E-state index contributed by atoms with van der Waals surface area (Å²) in [6, 6.07) is 3.99. The molecular formula is C14H24N4O. The third-order valence-corrected chi connectivity index (χ3v) is 3.18. The molecule has 3 N–H and O–H groups in total. The van der Waals surface area contributed by atoms with E-state index in [1.54, 1.807) is 6.20 Å². The molecule has 1 fully saturated rings. The van der Waals surface area contributed by atoms with Crippen molar-refractivity contribution >= 4 is 5.82 Å². The van der Waals surface area contributed by atoms with E-state index in [2.05, 4.69) is 49.1 Å². The van der Waals surface area contributed by atoms with Crippen LogP contribution >= 0.6 is 0 Å². The van der Waals surface area contributed by atoms with Crippen molar-refractivity contribution in [2.75, 3.05) is 18.5 Å². The Morgan fingerprint density at radius 2 is 1.95 bits per heavy atom. The molecule has 0 amide bonds. The van der Waals surface area contributed by atoms with Gasteiger partial charge in [0.05, 0.1) is 11.2 Å². The first-order valence-electron chi connectivity index (χ1n) is 6.64. The van der Waals surface area contributed by atoms with E-state index >= 15 is 0 Å². The van der Waals surface area contributed by atoms with Crippen molar-refractivity contribution < 1.29 is 4.74 Å². The van der Waals surface area contributed by atoms with E-state index in [0.29, 0.717) is 0 Å². The van der Waals surface area contributed by atoms with Crippen molar-refractivity contribution in [2.24, 2.45) is 5.84 Å². The summed E-state index contributed by atoms with van der Waals surface area (Å²) >= 11 is 0. The number of hydrogen-bond acceptors (Lipinski definition) is 5. The first-order chi connectivity index (χ1) is 8.81. The summed E-state index contributed by atoms with van der Waals surface area (Å²) in [6.45, 7) is 11.1. The zero-order valence-electron chi connectivity index (χ0n) is 12.2. The minimum atomic E-state index is -0.139. The van der Waals surface area contributed by atoms with Crippen LogP contribution in [0.1, 0.15) is 33.3 Å². The number of nitrogen functional groups attached to an aromatic ring is 1. The van der Waals surface area contributed by atoms with Gasteiger partial charge in [-0.05, 0) is 33.8 Å². The van der Waals surface area contributed by atoms with Crippen LogP contribution in [0.4, 0.5) is 5.82 Å². The maximum absolute atomic E-state index is 6.09. The number of rotatable bonds is 3. The van der Waals surface area contributed by atoms with Crippen LogP contribution in [0.3, 0.4) is 0 Å². The molecule has 1 aromatic rings. The van der Waals surface area contributed by atoms with Crippen LogP contribution in [0.5, 0.6) is 0 Å². The third kappa shape index (κ3) is 3.65. The van der Waals surface area contributed by atoms with Crippen LogP contribution in [0, 0.1) is 0 Å². The van der Waals surface area contributed by atoms with Crippen molar-refractivity contribution in [3.8, 4) is 0 Å². The molecule has 5 nitrogen and oxygen atoms in total. The second-order valence-electron chi connectivity index (χ2n) is 6.42. The van der Waals surface area contributed by atoms with E-state index in [4.69, 9.17) is 10.6 Å². The van der Waals surface area contributed by atoms with Crippen molar-refractivity contribution in [2.45, 2.75) is 45.4 Å². The Morgan fingerprint density at radius 3 is 2.53 bits per heavy atom. The number of anilines is 1. The fourth-order valence-electron chi connectivity index (χ4n) is 2.99. The molecule has 0 unspecified atom stereocenters. The van der Waals surface area contributed by atoms with Crippen LogP contribution in [0.2, 0.25) is 0 Å². The van der Waals surface area contributed by atoms with E-state index in [9.17, 15) is 0 Å². The van der Waals surface area contributed by atoms with E-state index in [-0.39, 0.29) is 11.2 Å². The smallest absolute Gasteiger partial charge is 0.144 e. The molecule has 0 aromatic carbocycles. The van der Waals surface area contributed by atoms with Gasteiger partial charge >= 0.3 is 0 Å². The van der Waals surface area contributed by atoms with Gasteiger partial charge in [0.1, 0.15) is 5.82 Å². The number of nitrogens with zero attached hydrogens (tertiary/aromatic N) is 2. The maximum atomic E-state index is 6.09. The number of hydrazine groups is 1. The highest BCUT2D eigenvalue weighted by atomic mass is 16.5. The number of nitrogens with one attached hydrogen (secondary N) is 1. The number of nitrogens with two attached hydrogens (primary N) is 1. The molecule has 0 radical (unpaired) electrons. The Morgan fingerprint density at radius 1 is 1.32 bits per heavy atom. The minimum absolute atomic E-state index is 0.139. The highest BCUT2D eigenvalue weighted by molar-refractivity contribution is 5.42. The summed E-state index contributed by atoms with van der Waals surface area (Å²) in [5, 5.41) is 0. The predicted molar refractivity (Wildman–Crippen MR) is 76.6 cm³/mol. The van der Waals surface area contributed by atoms with Gasteiger partial charge in [0.25, 0.3) is 0 Å². The Hall–Kier alpha value is -1.17. The molecule has 0 bridgehead atoms. The highest BCUT2D eigenvalue weighted by Crippen LogP contribution is 2.29. The van der Waals surface area contributed by atoms with Crippen molar-refractivity contribution in [1.29, 1.82) is 0 Å². The predicted octanol–water partition coefficient (Wildman–Crippen LogP) is 1.76. The number of hydrogen-bond donors (Lipinski definition) is 2. The summed E-state index contributed by atoms with van der Waals surface area (Å²) in [4.78, 5) is 6.63. The van der Waals surface area contributed by atoms with Crippen molar-refractivity contribution in [3.05, 3.63) is 23.9 Å². The van der Waals surface area contributed by atoms with E-state index in [0.717, 1.165) is 31.0 Å². The second kappa shape index (κ2) is 5.07. The van der Waals surface area contributed by atoms with Crippen LogP contribution in [0.15, 0.2) is 18.3 Å². The van der Waals surface area contributed by atoms with Crippen molar-refractivity contribution in [1.82, 2.24) is 9.88 Å². The van der Waals surface area contributed by atoms with Gasteiger partial charge < -0.3 is 10.2 Å².